The van der Waals surface area contributed by atoms with Crippen molar-refractivity contribution >= 4 is 51.0 Å². The fraction of sp³-hybridized carbons (Fsp3) is 0.192. The SMILES string of the molecule is COc1ccccc1NC(=O)COc1ccc(/C=N\NC(=O)CN(c2cc(Cl)ccc2C)S(C)(=O)=O)cc1. The minimum absolute atomic E-state index is 0.204. The summed E-state index contributed by atoms with van der Waals surface area (Å²) in [6.07, 6.45) is 2.40. The summed E-state index contributed by atoms with van der Waals surface area (Å²) in [4.78, 5) is 24.6. The van der Waals surface area contributed by atoms with Gasteiger partial charge in [0.2, 0.25) is 10.0 Å². The number of methoxy groups -OCH3 is 1. The van der Waals surface area contributed by atoms with Crippen LogP contribution < -0.4 is 24.5 Å². The lowest BCUT2D eigenvalue weighted by Gasteiger charge is -2.23. The molecule has 0 bridgehead atoms. The van der Waals surface area contributed by atoms with Gasteiger partial charge in [0, 0.05) is 5.02 Å². The number of hydrazone groups is 1. The Morgan fingerprint density at radius 1 is 1.05 bits per heavy atom. The number of ether oxygens (including phenoxy) is 2. The van der Waals surface area contributed by atoms with Gasteiger partial charge < -0.3 is 14.8 Å². The number of nitrogens with zero attached hydrogens (tertiary/aromatic N) is 2. The molecular weight excluding hydrogens is 532 g/mol. The lowest BCUT2D eigenvalue weighted by Crippen LogP contribution is -2.39. The Morgan fingerprint density at radius 2 is 1.76 bits per heavy atom. The Morgan fingerprint density at radius 3 is 2.45 bits per heavy atom. The van der Waals surface area contributed by atoms with Gasteiger partial charge in [0.1, 0.15) is 18.0 Å². The van der Waals surface area contributed by atoms with Crippen molar-refractivity contribution in [3.8, 4) is 11.5 Å². The molecule has 3 aromatic rings. The standard InChI is InChI=1S/C26H27ClN4O6S/c1-18-8-11-20(27)14-23(18)31(38(3,34)35)16-25(32)30-28-15-19-9-12-21(13-10-19)37-17-26(33)29-22-6-4-5-7-24(22)36-2/h4-15H,16-17H2,1-3H3,(H,29,33)(H,30,32)/b28-15-. The van der Waals surface area contributed by atoms with E-state index in [9.17, 15) is 18.0 Å². The van der Waals surface area contributed by atoms with E-state index in [1.807, 2.05) is 0 Å². The summed E-state index contributed by atoms with van der Waals surface area (Å²) in [5.74, 6) is 0.0215. The number of carbonyl (C=O) groups excluding carboxylic acids is 2. The van der Waals surface area contributed by atoms with Gasteiger partial charge in [0.25, 0.3) is 11.8 Å². The van der Waals surface area contributed by atoms with E-state index < -0.39 is 22.5 Å². The highest BCUT2D eigenvalue weighted by molar-refractivity contribution is 7.92. The fourth-order valence-electron chi connectivity index (χ4n) is 3.31. The summed E-state index contributed by atoms with van der Waals surface area (Å²) in [5.41, 5.74) is 4.46. The minimum atomic E-state index is -3.75. The normalized spacial score (nSPS) is 11.2. The molecule has 0 saturated heterocycles. The second-order valence-electron chi connectivity index (χ2n) is 8.10. The molecule has 0 aliphatic rings. The van der Waals surface area contributed by atoms with Crippen LogP contribution in [-0.2, 0) is 19.6 Å². The Labute approximate surface area is 226 Å². The molecule has 0 aliphatic carbocycles. The number of anilines is 2. The van der Waals surface area contributed by atoms with Gasteiger partial charge in [-0.2, -0.15) is 5.10 Å². The van der Waals surface area contributed by atoms with Crippen LogP contribution in [0.5, 0.6) is 11.5 Å². The Balaban J connectivity index is 1.52. The summed E-state index contributed by atoms with van der Waals surface area (Å²) < 4.78 is 36.3. The molecule has 2 N–H and O–H groups in total. The van der Waals surface area contributed by atoms with E-state index in [1.54, 1.807) is 67.6 Å². The van der Waals surface area contributed by atoms with Gasteiger partial charge in [-0.3, -0.25) is 13.9 Å². The number of nitrogens with one attached hydrogen (secondary N) is 2. The van der Waals surface area contributed by atoms with E-state index in [0.29, 0.717) is 39.0 Å². The monoisotopic (exact) mass is 558 g/mol. The van der Waals surface area contributed by atoms with Crippen LogP contribution in [0, 0.1) is 6.92 Å². The molecular formula is C26H27ClN4O6S. The summed E-state index contributed by atoms with van der Waals surface area (Å²) in [5, 5.41) is 6.96. The number of carbonyl (C=O) groups is 2. The van der Waals surface area contributed by atoms with E-state index in [1.165, 1.54) is 19.4 Å². The van der Waals surface area contributed by atoms with Gasteiger partial charge in [0.15, 0.2) is 6.61 Å². The van der Waals surface area contributed by atoms with Crippen LogP contribution >= 0.6 is 11.6 Å². The van der Waals surface area contributed by atoms with Crippen LogP contribution in [0.25, 0.3) is 0 Å². The summed E-state index contributed by atoms with van der Waals surface area (Å²) in [6, 6.07) is 18.5. The van der Waals surface area contributed by atoms with Crippen LogP contribution in [0.1, 0.15) is 11.1 Å². The Kier molecular flexibility index (Phi) is 9.69. The van der Waals surface area contributed by atoms with Crippen molar-refractivity contribution in [3.63, 3.8) is 0 Å². The number of hydrogen-bond donors (Lipinski definition) is 2. The summed E-state index contributed by atoms with van der Waals surface area (Å²) in [7, 11) is -2.24. The molecule has 0 saturated carbocycles. The minimum Gasteiger partial charge on any atom is -0.495 e. The first-order valence-corrected chi connectivity index (χ1v) is 13.5. The quantitative estimate of drug-likeness (QED) is 0.273. The highest BCUT2D eigenvalue weighted by Gasteiger charge is 2.22. The molecule has 200 valence electrons. The molecule has 12 heteroatoms. The number of sulfonamides is 1. The molecule has 10 nitrogen and oxygen atoms in total. The number of halogens is 1. The van der Waals surface area contributed by atoms with E-state index in [-0.39, 0.29) is 12.5 Å². The number of hydrogen-bond acceptors (Lipinski definition) is 7. The average molecular weight is 559 g/mol. The average Bonchev–Trinajstić information content (AvgIpc) is 2.88. The zero-order valence-corrected chi connectivity index (χ0v) is 22.5. The number of rotatable bonds is 11. The maximum absolute atomic E-state index is 12.4. The third-order valence-electron chi connectivity index (χ3n) is 5.16. The molecule has 3 rings (SSSR count). The number of para-hydroxylation sites is 2. The van der Waals surface area contributed by atoms with Gasteiger partial charge in [-0.25, -0.2) is 13.8 Å². The van der Waals surface area contributed by atoms with Crippen LogP contribution in [0.4, 0.5) is 11.4 Å². The van der Waals surface area contributed by atoms with Crippen molar-refractivity contribution < 1.29 is 27.5 Å². The number of aryl methyl sites for hydroxylation is 1. The highest BCUT2D eigenvalue weighted by atomic mass is 35.5. The Bertz CT molecular complexity index is 1430. The maximum Gasteiger partial charge on any atom is 0.262 e. The van der Waals surface area contributed by atoms with Gasteiger partial charge in [0.05, 0.1) is 31.0 Å². The molecule has 0 spiro atoms. The van der Waals surface area contributed by atoms with Gasteiger partial charge in [-0.05, 0) is 66.6 Å². The predicted molar refractivity (Wildman–Crippen MR) is 148 cm³/mol. The molecule has 0 heterocycles. The van der Waals surface area contributed by atoms with E-state index in [4.69, 9.17) is 21.1 Å². The fourth-order valence-corrected chi connectivity index (χ4v) is 4.38. The lowest BCUT2D eigenvalue weighted by molar-refractivity contribution is -0.119. The van der Waals surface area contributed by atoms with Crippen LogP contribution in [-0.4, -0.2) is 53.0 Å². The zero-order valence-electron chi connectivity index (χ0n) is 21.0. The maximum atomic E-state index is 12.4. The molecule has 0 atom stereocenters. The number of benzene rings is 3. The van der Waals surface area contributed by atoms with Crippen molar-refractivity contribution in [1.29, 1.82) is 0 Å². The van der Waals surface area contributed by atoms with Gasteiger partial charge >= 0.3 is 0 Å². The summed E-state index contributed by atoms with van der Waals surface area (Å²) >= 11 is 6.01. The van der Waals surface area contributed by atoms with Gasteiger partial charge in [-0.15, -0.1) is 0 Å². The first kappa shape index (κ1) is 28.5. The third kappa shape index (κ3) is 8.22. The first-order valence-electron chi connectivity index (χ1n) is 11.3. The van der Waals surface area contributed by atoms with Crippen LogP contribution in [0.2, 0.25) is 5.02 Å². The smallest absolute Gasteiger partial charge is 0.262 e. The van der Waals surface area contributed by atoms with Crippen molar-refractivity contribution in [2.45, 2.75) is 6.92 Å². The van der Waals surface area contributed by atoms with Crippen molar-refractivity contribution in [2.75, 3.05) is 36.1 Å². The summed E-state index contributed by atoms with van der Waals surface area (Å²) in [6.45, 7) is 1.05. The first-order chi connectivity index (χ1) is 18.1. The van der Waals surface area contributed by atoms with Gasteiger partial charge in [-0.1, -0.05) is 29.8 Å². The molecule has 2 amide bonds. The number of amides is 2. The van der Waals surface area contributed by atoms with Crippen LogP contribution in [0.3, 0.4) is 0 Å². The van der Waals surface area contributed by atoms with Crippen LogP contribution in [0.15, 0.2) is 71.8 Å². The largest absolute Gasteiger partial charge is 0.495 e. The molecule has 0 aliphatic heterocycles. The molecule has 3 aromatic carbocycles. The molecule has 0 radical (unpaired) electrons. The molecule has 0 fully saturated rings. The highest BCUT2D eigenvalue weighted by Crippen LogP contribution is 2.26. The third-order valence-corrected chi connectivity index (χ3v) is 6.52. The molecule has 0 aromatic heterocycles. The topological polar surface area (TPSA) is 126 Å². The second kappa shape index (κ2) is 12.9. The predicted octanol–water partition coefficient (Wildman–Crippen LogP) is 3.59. The van der Waals surface area contributed by atoms with Crippen molar-refractivity contribution in [2.24, 2.45) is 5.10 Å². The molecule has 0 unspecified atom stereocenters. The second-order valence-corrected chi connectivity index (χ2v) is 10.4. The van der Waals surface area contributed by atoms with Crippen molar-refractivity contribution in [3.05, 3.63) is 82.9 Å². The van der Waals surface area contributed by atoms with E-state index in [0.717, 1.165) is 10.6 Å². The lowest BCUT2D eigenvalue weighted by atomic mass is 10.2. The Hall–Kier alpha value is -4.09. The zero-order chi connectivity index (χ0) is 27.7. The molecule has 38 heavy (non-hydrogen) atoms. The van der Waals surface area contributed by atoms with Crippen molar-refractivity contribution in [1.82, 2.24) is 5.43 Å². The van der Waals surface area contributed by atoms with E-state index >= 15 is 0 Å². The van der Waals surface area contributed by atoms with E-state index in [2.05, 4.69) is 15.8 Å².